The molecule has 9 heteroatoms. The highest BCUT2D eigenvalue weighted by atomic mass is 32.2. The standard InChI is InChI=1S/C11H18N4O3S2/c1-2-3-4-5-9-13-14-11(19-9)15-7-8(6-10(15)16)20(12,17)18/h8H,2-7H2,1H3,(H2,12,17,18). The van der Waals surface area contributed by atoms with E-state index in [4.69, 9.17) is 5.14 Å². The molecule has 2 heterocycles. The minimum absolute atomic E-state index is 0.0707. The van der Waals surface area contributed by atoms with Gasteiger partial charge in [-0.3, -0.25) is 9.69 Å². The van der Waals surface area contributed by atoms with Crippen LogP contribution in [0.4, 0.5) is 5.13 Å². The molecule has 2 N–H and O–H groups in total. The lowest BCUT2D eigenvalue weighted by Gasteiger charge is -2.10. The molecule has 7 nitrogen and oxygen atoms in total. The third kappa shape index (κ3) is 3.53. The van der Waals surface area contributed by atoms with Gasteiger partial charge in [0.15, 0.2) is 0 Å². The Morgan fingerprint density at radius 2 is 2.15 bits per heavy atom. The molecule has 0 radical (unpaired) electrons. The summed E-state index contributed by atoms with van der Waals surface area (Å²) in [6.07, 6.45) is 4.06. The molecule has 0 aliphatic carbocycles. The van der Waals surface area contributed by atoms with Crippen molar-refractivity contribution < 1.29 is 13.2 Å². The summed E-state index contributed by atoms with van der Waals surface area (Å²) in [5.41, 5.74) is 0. The molecule has 1 amide bonds. The number of anilines is 1. The van der Waals surface area contributed by atoms with Crippen LogP contribution in [-0.4, -0.2) is 36.3 Å². The zero-order valence-electron chi connectivity index (χ0n) is 11.3. The van der Waals surface area contributed by atoms with Crippen LogP contribution in [0.1, 0.15) is 37.6 Å². The van der Waals surface area contributed by atoms with Crippen molar-refractivity contribution in [3.8, 4) is 0 Å². The zero-order chi connectivity index (χ0) is 14.8. The second-order valence-electron chi connectivity index (χ2n) is 4.85. The molecule has 1 unspecified atom stereocenters. The van der Waals surface area contributed by atoms with Crippen molar-refractivity contribution in [3.63, 3.8) is 0 Å². The average Bonchev–Trinajstić information content (AvgIpc) is 2.95. The van der Waals surface area contributed by atoms with E-state index in [1.54, 1.807) is 0 Å². The van der Waals surface area contributed by atoms with E-state index in [-0.39, 0.29) is 18.9 Å². The van der Waals surface area contributed by atoms with Gasteiger partial charge in [0.2, 0.25) is 21.1 Å². The van der Waals surface area contributed by atoms with Crippen LogP contribution in [0.3, 0.4) is 0 Å². The molecule has 112 valence electrons. The summed E-state index contributed by atoms with van der Waals surface area (Å²) in [7, 11) is -3.69. The van der Waals surface area contributed by atoms with Gasteiger partial charge >= 0.3 is 0 Å². The normalized spacial score (nSPS) is 19.8. The van der Waals surface area contributed by atoms with Crippen LogP contribution in [0, 0.1) is 0 Å². The van der Waals surface area contributed by atoms with Crippen LogP contribution in [0.15, 0.2) is 0 Å². The molecular formula is C11H18N4O3S2. The second-order valence-corrected chi connectivity index (χ2v) is 7.74. The lowest BCUT2D eigenvalue weighted by atomic mass is 10.2. The number of rotatable bonds is 6. The average molecular weight is 318 g/mol. The summed E-state index contributed by atoms with van der Waals surface area (Å²) in [6.45, 7) is 2.20. The lowest BCUT2D eigenvalue weighted by Crippen LogP contribution is -2.32. The molecular weight excluding hydrogens is 300 g/mol. The molecule has 0 aromatic carbocycles. The number of carbonyl (C=O) groups is 1. The minimum atomic E-state index is -3.69. The van der Waals surface area contributed by atoms with Gasteiger partial charge in [0.25, 0.3) is 0 Å². The summed E-state index contributed by atoms with van der Waals surface area (Å²) in [4.78, 5) is 13.2. The van der Waals surface area contributed by atoms with Gasteiger partial charge in [-0.15, -0.1) is 10.2 Å². The van der Waals surface area contributed by atoms with Crippen molar-refractivity contribution in [1.82, 2.24) is 10.2 Å². The number of aromatic nitrogens is 2. The number of nitrogens with two attached hydrogens (primary N) is 1. The van der Waals surface area contributed by atoms with Gasteiger partial charge in [-0.2, -0.15) is 0 Å². The number of aryl methyl sites for hydroxylation is 1. The van der Waals surface area contributed by atoms with Crippen LogP contribution in [0.5, 0.6) is 0 Å². The van der Waals surface area contributed by atoms with E-state index in [0.717, 1.165) is 30.7 Å². The summed E-state index contributed by atoms with van der Waals surface area (Å²) < 4.78 is 22.6. The molecule has 20 heavy (non-hydrogen) atoms. The Bertz CT molecular complexity index is 584. The maximum Gasteiger partial charge on any atom is 0.230 e. The first-order chi connectivity index (χ1) is 9.41. The van der Waals surface area contributed by atoms with Crippen molar-refractivity contribution in [2.75, 3.05) is 11.4 Å². The van der Waals surface area contributed by atoms with E-state index in [1.165, 1.54) is 16.2 Å². The van der Waals surface area contributed by atoms with Gasteiger partial charge in [0, 0.05) is 19.4 Å². The molecule has 0 saturated carbocycles. The maximum absolute atomic E-state index is 11.8. The first-order valence-corrected chi connectivity index (χ1v) is 8.98. The minimum Gasteiger partial charge on any atom is -0.285 e. The van der Waals surface area contributed by atoms with Crippen molar-refractivity contribution in [3.05, 3.63) is 5.01 Å². The molecule has 1 aromatic heterocycles. The largest absolute Gasteiger partial charge is 0.285 e. The van der Waals surface area contributed by atoms with Crippen molar-refractivity contribution >= 4 is 32.4 Å². The zero-order valence-corrected chi connectivity index (χ0v) is 12.9. The first-order valence-electron chi connectivity index (χ1n) is 6.56. The molecule has 1 fully saturated rings. The summed E-state index contributed by atoms with van der Waals surface area (Å²) in [5, 5.41) is 13.6. The maximum atomic E-state index is 11.8. The predicted molar refractivity (Wildman–Crippen MR) is 77.0 cm³/mol. The molecule has 1 aliphatic heterocycles. The van der Waals surface area contributed by atoms with Crippen LogP contribution in [-0.2, 0) is 21.2 Å². The van der Waals surface area contributed by atoms with Gasteiger partial charge in [-0.25, -0.2) is 13.6 Å². The van der Waals surface area contributed by atoms with Crippen molar-refractivity contribution in [2.24, 2.45) is 5.14 Å². The highest BCUT2D eigenvalue weighted by Crippen LogP contribution is 2.27. The van der Waals surface area contributed by atoms with Crippen LogP contribution in [0.2, 0.25) is 0 Å². The van der Waals surface area contributed by atoms with Gasteiger partial charge in [0.1, 0.15) is 10.3 Å². The molecule has 0 spiro atoms. The Labute approximate surface area is 122 Å². The van der Waals surface area contributed by atoms with E-state index in [9.17, 15) is 13.2 Å². The highest BCUT2D eigenvalue weighted by Gasteiger charge is 2.38. The van der Waals surface area contributed by atoms with Gasteiger partial charge in [-0.05, 0) is 6.42 Å². The number of hydrogen-bond donors (Lipinski definition) is 1. The van der Waals surface area contributed by atoms with Crippen molar-refractivity contribution in [2.45, 2.75) is 44.3 Å². The molecule has 2 rings (SSSR count). The van der Waals surface area contributed by atoms with Crippen LogP contribution >= 0.6 is 11.3 Å². The number of nitrogens with zero attached hydrogens (tertiary/aromatic N) is 3. The van der Waals surface area contributed by atoms with Gasteiger partial charge in [0.05, 0.1) is 0 Å². The molecule has 1 atom stereocenters. The Kier molecular flexibility index (Phi) is 4.71. The summed E-state index contributed by atoms with van der Waals surface area (Å²) >= 11 is 1.34. The quantitative estimate of drug-likeness (QED) is 0.776. The van der Waals surface area contributed by atoms with Crippen molar-refractivity contribution in [1.29, 1.82) is 0 Å². The lowest BCUT2D eigenvalue weighted by molar-refractivity contribution is -0.117. The summed E-state index contributed by atoms with van der Waals surface area (Å²) in [5.74, 6) is -0.264. The molecule has 1 aromatic rings. The molecule has 0 bridgehead atoms. The Morgan fingerprint density at radius 3 is 2.75 bits per heavy atom. The topological polar surface area (TPSA) is 106 Å². The van der Waals surface area contributed by atoms with E-state index >= 15 is 0 Å². The SMILES string of the molecule is CCCCCc1nnc(N2CC(S(N)(=O)=O)CC2=O)s1. The number of sulfonamides is 1. The van der Waals surface area contributed by atoms with E-state index < -0.39 is 15.3 Å². The second kappa shape index (κ2) is 6.15. The van der Waals surface area contributed by atoms with E-state index in [1.807, 2.05) is 0 Å². The number of carbonyl (C=O) groups excluding carboxylic acids is 1. The van der Waals surface area contributed by atoms with E-state index in [2.05, 4.69) is 17.1 Å². The fourth-order valence-corrected chi connectivity index (χ4v) is 3.70. The van der Waals surface area contributed by atoms with Gasteiger partial charge < -0.3 is 0 Å². The fraction of sp³-hybridized carbons (Fsp3) is 0.727. The Hall–Kier alpha value is -1.06. The van der Waals surface area contributed by atoms with E-state index in [0.29, 0.717) is 5.13 Å². The fourth-order valence-electron chi connectivity index (χ4n) is 2.06. The number of hydrogen-bond acceptors (Lipinski definition) is 6. The number of unbranched alkanes of at least 4 members (excludes halogenated alkanes) is 2. The molecule has 1 saturated heterocycles. The monoisotopic (exact) mass is 318 g/mol. The highest BCUT2D eigenvalue weighted by molar-refractivity contribution is 7.89. The number of amides is 1. The van der Waals surface area contributed by atoms with Crippen LogP contribution < -0.4 is 10.0 Å². The Balaban J connectivity index is 2.03. The Morgan fingerprint density at radius 1 is 1.40 bits per heavy atom. The predicted octanol–water partition coefficient (Wildman–Crippen LogP) is 0.665. The van der Waals surface area contributed by atoms with Crippen LogP contribution in [0.25, 0.3) is 0 Å². The third-order valence-electron chi connectivity index (χ3n) is 3.24. The first kappa shape index (κ1) is 15.3. The number of primary sulfonamides is 1. The molecule has 1 aliphatic rings. The third-order valence-corrected chi connectivity index (χ3v) is 5.49. The summed E-state index contributed by atoms with van der Waals surface area (Å²) in [6, 6.07) is 0. The smallest absolute Gasteiger partial charge is 0.230 e. The van der Waals surface area contributed by atoms with Gasteiger partial charge in [-0.1, -0.05) is 31.1 Å².